The van der Waals surface area contributed by atoms with Gasteiger partial charge in [0.2, 0.25) is 0 Å². The number of carbonyl (C=O) groups excluding carboxylic acids is 1. The van der Waals surface area contributed by atoms with Crippen molar-refractivity contribution in [2.24, 2.45) is 4.99 Å². The lowest BCUT2D eigenvalue weighted by atomic mass is 10.1. The number of carbonyl (C=O) groups is 1. The van der Waals surface area contributed by atoms with Crippen LogP contribution in [0.15, 0.2) is 71.7 Å². The van der Waals surface area contributed by atoms with Gasteiger partial charge in [-0.1, -0.05) is 41.7 Å². The number of hydrogen-bond donors (Lipinski definition) is 0. The molecular formula is C24H21N3O4S. The molecule has 0 saturated heterocycles. The lowest BCUT2D eigenvalue weighted by molar-refractivity contribution is -0.384. The largest absolute Gasteiger partial charge is 0.380 e. The Morgan fingerprint density at radius 3 is 2.69 bits per heavy atom. The average Bonchev–Trinajstić information content (AvgIpc) is 3.15. The number of hydrogen-bond acceptors (Lipinski definition) is 5. The molecule has 1 aromatic heterocycles. The molecule has 0 unspecified atom stereocenters. The first-order valence-corrected chi connectivity index (χ1v) is 11.0. The quantitative estimate of drug-likeness (QED) is 0.174. The summed E-state index contributed by atoms with van der Waals surface area (Å²) < 4.78 is 8.62. The normalized spacial score (nSPS) is 12.2. The Labute approximate surface area is 188 Å². The van der Waals surface area contributed by atoms with Crippen LogP contribution in [0, 0.1) is 10.1 Å². The van der Waals surface area contributed by atoms with Crippen molar-refractivity contribution in [3.05, 3.63) is 87.2 Å². The lowest BCUT2D eigenvalue weighted by Gasteiger charge is -2.06. The van der Waals surface area contributed by atoms with Crippen molar-refractivity contribution in [2.75, 3.05) is 13.2 Å². The van der Waals surface area contributed by atoms with Crippen LogP contribution in [0.3, 0.4) is 0 Å². The summed E-state index contributed by atoms with van der Waals surface area (Å²) in [6.07, 6.45) is 2.97. The Bertz CT molecular complexity index is 1380. The molecule has 0 bridgehead atoms. The van der Waals surface area contributed by atoms with E-state index in [-0.39, 0.29) is 5.69 Å². The van der Waals surface area contributed by atoms with E-state index in [2.05, 4.69) is 29.3 Å². The zero-order valence-corrected chi connectivity index (χ0v) is 18.2. The van der Waals surface area contributed by atoms with Crippen LogP contribution in [0.5, 0.6) is 0 Å². The lowest BCUT2D eigenvalue weighted by Crippen LogP contribution is -2.19. The number of ether oxygens (including phenoxy) is 1. The molecular weight excluding hydrogens is 426 g/mol. The molecule has 0 radical (unpaired) electrons. The van der Waals surface area contributed by atoms with Crippen LogP contribution < -0.4 is 4.80 Å². The molecule has 0 spiro atoms. The second kappa shape index (κ2) is 9.67. The van der Waals surface area contributed by atoms with Gasteiger partial charge in [0.25, 0.3) is 11.6 Å². The highest BCUT2D eigenvalue weighted by atomic mass is 32.1. The highest BCUT2D eigenvalue weighted by Crippen LogP contribution is 2.27. The topological polar surface area (TPSA) is 86.7 Å². The van der Waals surface area contributed by atoms with E-state index in [1.807, 2.05) is 23.6 Å². The molecule has 0 N–H and O–H groups in total. The maximum Gasteiger partial charge on any atom is 0.272 e. The van der Waals surface area contributed by atoms with Crippen LogP contribution in [0.4, 0.5) is 5.69 Å². The van der Waals surface area contributed by atoms with Crippen molar-refractivity contribution in [1.82, 2.24) is 4.57 Å². The Morgan fingerprint density at radius 2 is 1.94 bits per heavy atom. The summed E-state index contributed by atoms with van der Waals surface area (Å²) in [5.74, 6) is -0.399. The van der Waals surface area contributed by atoms with Crippen molar-refractivity contribution in [2.45, 2.75) is 13.5 Å². The van der Waals surface area contributed by atoms with E-state index in [4.69, 9.17) is 4.74 Å². The fraction of sp³-hybridized carbons (Fsp3) is 0.167. The molecule has 3 aromatic carbocycles. The number of non-ortho nitro benzene ring substituents is 1. The molecule has 0 fully saturated rings. The third kappa shape index (κ3) is 4.66. The van der Waals surface area contributed by atoms with Crippen LogP contribution in [0.2, 0.25) is 0 Å². The van der Waals surface area contributed by atoms with E-state index < -0.39 is 10.8 Å². The van der Waals surface area contributed by atoms with E-state index in [1.165, 1.54) is 29.5 Å². The number of amides is 1. The molecule has 0 aliphatic rings. The summed E-state index contributed by atoms with van der Waals surface area (Å²) in [7, 11) is 0. The molecule has 32 heavy (non-hydrogen) atoms. The highest BCUT2D eigenvalue weighted by molar-refractivity contribution is 7.17. The maximum absolute atomic E-state index is 12.6. The van der Waals surface area contributed by atoms with Gasteiger partial charge in [-0.25, -0.2) is 0 Å². The molecule has 4 aromatic rings. The first kappa shape index (κ1) is 21.6. The standard InChI is InChI=1S/C24H21N3O4S/c1-2-31-16-15-26-21-13-10-18-5-3-4-6-20(18)23(21)32-24(26)25-22(28)14-9-17-7-11-19(12-8-17)27(29)30/h3-14H,2,15-16H2,1H3/b14-9+,25-24?. The smallest absolute Gasteiger partial charge is 0.272 e. The van der Waals surface area contributed by atoms with Crippen LogP contribution in [0.1, 0.15) is 12.5 Å². The van der Waals surface area contributed by atoms with Gasteiger partial charge in [-0.2, -0.15) is 4.99 Å². The van der Waals surface area contributed by atoms with Crippen LogP contribution in [-0.4, -0.2) is 28.6 Å². The van der Waals surface area contributed by atoms with Gasteiger partial charge in [0.1, 0.15) is 0 Å². The first-order chi connectivity index (χ1) is 15.6. The van der Waals surface area contributed by atoms with E-state index >= 15 is 0 Å². The summed E-state index contributed by atoms with van der Waals surface area (Å²) in [6, 6.07) is 18.3. The number of fused-ring (bicyclic) bond motifs is 3. The van der Waals surface area contributed by atoms with E-state index in [0.29, 0.717) is 30.1 Å². The van der Waals surface area contributed by atoms with Gasteiger partial charge < -0.3 is 9.30 Å². The third-order valence-electron chi connectivity index (χ3n) is 4.97. The summed E-state index contributed by atoms with van der Waals surface area (Å²) in [6.45, 7) is 3.68. The predicted molar refractivity (Wildman–Crippen MR) is 127 cm³/mol. The minimum atomic E-state index is -0.458. The van der Waals surface area contributed by atoms with Gasteiger partial charge in [0, 0.05) is 36.7 Å². The second-order valence-corrected chi connectivity index (χ2v) is 7.98. The number of nitrogens with zero attached hydrogens (tertiary/aromatic N) is 3. The molecule has 0 aliphatic carbocycles. The van der Waals surface area contributed by atoms with Gasteiger partial charge in [-0.15, -0.1) is 0 Å². The summed E-state index contributed by atoms with van der Waals surface area (Å²) in [5.41, 5.74) is 1.70. The Kier molecular flexibility index (Phi) is 6.53. The number of benzene rings is 3. The number of thiazole rings is 1. The minimum Gasteiger partial charge on any atom is -0.380 e. The summed E-state index contributed by atoms with van der Waals surface area (Å²) in [4.78, 5) is 27.8. The van der Waals surface area contributed by atoms with Crippen molar-refractivity contribution in [3.8, 4) is 0 Å². The van der Waals surface area contributed by atoms with Crippen LogP contribution >= 0.6 is 11.3 Å². The van der Waals surface area contributed by atoms with Crippen molar-refractivity contribution >= 4 is 50.0 Å². The Morgan fingerprint density at radius 1 is 1.16 bits per heavy atom. The molecule has 1 amide bonds. The molecule has 4 rings (SSSR count). The molecule has 0 saturated carbocycles. The third-order valence-corrected chi connectivity index (χ3v) is 6.09. The van der Waals surface area contributed by atoms with Crippen molar-refractivity contribution < 1.29 is 14.5 Å². The SMILES string of the molecule is CCOCCn1c(=NC(=O)/C=C/c2ccc([N+](=O)[O-])cc2)sc2c3ccccc3ccc21. The fourth-order valence-electron chi connectivity index (χ4n) is 3.41. The molecule has 8 heteroatoms. The van der Waals surface area contributed by atoms with E-state index in [0.717, 1.165) is 21.0 Å². The summed E-state index contributed by atoms with van der Waals surface area (Å²) in [5, 5.41) is 13.0. The molecule has 162 valence electrons. The Hall–Kier alpha value is -3.62. The van der Waals surface area contributed by atoms with Crippen molar-refractivity contribution in [3.63, 3.8) is 0 Å². The number of rotatable bonds is 7. The van der Waals surface area contributed by atoms with Gasteiger partial charge in [-0.05, 0) is 42.1 Å². The fourth-order valence-corrected chi connectivity index (χ4v) is 4.60. The highest BCUT2D eigenvalue weighted by Gasteiger charge is 2.10. The van der Waals surface area contributed by atoms with Crippen LogP contribution in [-0.2, 0) is 16.1 Å². The predicted octanol–water partition coefficient (Wildman–Crippen LogP) is 4.94. The monoisotopic (exact) mass is 447 g/mol. The van der Waals surface area contributed by atoms with Gasteiger partial charge in [0.05, 0.1) is 21.7 Å². The van der Waals surface area contributed by atoms with E-state index in [9.17, 15) is 14.9 Å². The molecule has 0 aliphatic heterocycles. The van der Waals surface area contributed by atoms with Crippen LogP contribution in [0.25, 0.3) is 27.1 Å². The van der Waals surface area contributed by atoms with Gasteiger partial charge >= 0.3 is 0 Å². The molecule has 0 atom stereocenters. The maximum atomic E-state index is 12.6. The second-order valence-electron chi connectivity index (χ2n) is 7.00. The first-order valence-electron chi connectivity index (χ1n) is 10.2. The molecule has 7 nitrogen and oxygen atoms in total. The number of nitro groups is 1. The zero-order valence-electron chi connectivity index (χ0n) is 17.4. The van der Waals surface area contributed by atoms with Gasteiger partial charge in [-0.3, -0.25) is 14.9 Å². The van der Waals surface area contributed by atoms with E-state index in [1.54, 1.807) is 18.2 Å². The average molecular weight is 448 g/mol. The molecule has 1 heterocycles. The van der Waals surface area contributed by atoms with Gasteiger partial charge in [0.15, 0.2) is 4.80 Å². The Balaban J connectivity index is 1.70. The number of aromatic nitrogens is 1. The summed E-state index contributed by atoms with van der Waals surface area (Å²) >= 11 is 1.48. The van der Waals surface area contributed by atoms with Crippen molar-refractivity contribution in [1.29, 1.82) is 0 Å². The minimum absolute atomic E-state index is 0.00556. The number of nitro benzene ring substituents is 1. The zero-order chi connectivity index (χ0) is 22.5.